The molecule has 2 N–H and O–H groups in total. The number of hydrogen-bond donors (Lipinski definition) is 2. The summed E-state index contributed by atoms with van der Waals surface area (Å²) in [7, 11) is 0. The van der Waals surface area contributed by atoms with E-state index in [0.29, 0.717) is 11.5 Å². The highest BCUT2D eigenvalue weighted by Gasteiger charge is 2.18. The van der Waals surface area contributed by atoms with Gasteiger partial charge in [0.15, 0.2) is 0 Å². The number of aromatic nitrogens is 2. The maximum atomic E-state index is 12.3. The van der Waals surface area contributed by atoms with Gasteiger partial charge in [-0.05, 0) is 49.9 Å². The molecule has 1 aliphatic rings. The average molecular weight is 310 g/mol. The van der Waals surface area contributed by atoms with Crippen molar-refractivity contribution >= 4 is 17.4 Å². The number of hydrogen-bond acceptors (Lipinski definition) is 4. The zero-order chi connectivity index (χ0) is 16.2. The molecule has 0 atom stereocenters. The van der Waals surface area contributed by atoms with Gasteiger partial charge in [0.05, 0.1) is 0 Å². The molecule has 1 aliphatic carbocycles. The van der Waals surface area contributed by atoms with E-state index in [1.54, 1.807) is 6.07 Å². The Bertz CT molecular complexity index is 688. The van der Waals surface area contributed by atoms with Crippen molar-refractivity contribution in [2.75, 3.05) is 5.32 Å². The normalized spacial score (nSPS) is 14.7. The van der Waals surface area contributed by atoms with Crippen molar-refractivity contribution in [3.05, 3.63) is 47.4 Å². The molecule has 1 saturated carbocycles. The van der Waals surface area contributed by atoms with Crippen LogP contribution in [0.1, 0.15) is 47.3 Å². The largest absolute Gasteiger partial charge is 0.348 e. The van der Waals surface area contributed by atoms with Crippen LogP contribution in [0.4, 0.5) is 11.5 Å². The highest BCUT2D eigenvalue weighted by molar-refractivity contribution is 5.93. The molecule has 0 spiro atoms. The van der Waals surface area contributed by atoms with Crippen LogP contribution in [0.25, 0.3) is 0 Å². The van der Waals surface area contributed by atoms with E-state index >= 15 is 0 Å². The summed E-state index contributed by atoms with van der Waals surface area (Å²) in [4.78, 5) is 20.6. The predicted molar refractivity (Wildman–Crippen MR) is 91.0 cm³/mol. The fourth-order valence-electron chi connectivity index (χ4n) is 3.07. The van der Waals surface area contributed by atoms with Crippen LogP contribution in [0.2, 0.25) is 0 Å². The van der Waals surface area contributed by atoms with Crippen LogP contribution in [0.5, 0.6) is 0 Å². The second-order valence-electron chi connectivity index (χ2n) is 6.24. The number of amides is 1. The maximum absolute atomic E-state index is 12.3. The second kappa shape index (κ2) is 6.77. The van der Waals surface area contributed by atoms with Crippen LogP contribution in [0, 0.1) is 13.8 Å². The first-order valence-electron chi connectivity index (χ1n) is 8.08. The highest BCUT2D eigenvalue weighted by atomic mass is 16.1. The molecule has 1 aromatic heterocycles. The van der Waals surface area contributed by atoms with E-state index in [2.05, 4.69) is 40.5 Å². The number of rotatable bonds is 4. The fraction of sp³-hybridized carbons (Fsp3) is 0.389. The first kappa shape index (κ1) is 15.5. The van der Waals surface area contributed by atoms with E-state index in [0.717, 1.165) is 18.5 Å². The summed E-state index contributed by atoms with van der Waals surface area (Å²) in [5.41, 5.74) is 3.73. The summed E-state index contributed by atoms with van der Waals surface area (Å²) in [6.45, 7) is 4.11. The summed E-state index contributed by atoms with van der Waals surface area (Å²) >= 11 is 0. The summed E-state index contributed by atoms with van der Waals surface area (Å²) in [6, 6.07) is 8.20. The van der Waals surface area contributed by atoms with Crippen LogP contribution < -0.4 is 10.6 Å². The fourth-order valence-corrected chi connectivity index (χ4v) is 3.07. The zero-order valence-electron chi connectivity index (χ0n) is 13.6. The lowest BCUT2D eigenvalue weighted by atomic mass is 10.1. The zero-order valence-corrected chi connectivity index (χ0v) is 13.6. The lowest BCUT2D eigenvalue weighted by Gasteiger charge is -2.12. The Balaban J connectivity index is 1.72. The molecule has 1 fully saturated rings. The lowest BCUT2D eigenvalue weighted by Crippen LogP contribution is -2.33. The van der Waals surface area contributed by atoms with Crippen LogP contribution in [0.15, 0.2) is 30.6 Å². The third-order valence-electron chi connectivity index (χ3n) is 4.08. The molecule has 0 radical (unpaired) electrons. The van der Waals surface area contributed by atoms with Crippen LogP contribution in [0.3, 0.4) is 0 Å². The van der Waals surface area contributed by atoms with Crippen molar-refractivity contribution in [1.82, 2.24) is 15.3 Å². The van der Waals surface area contributed by atoms with Crippen molar-refractivity contribution in [2.24, 2.45) is 0 Å². The molecule has 3 rings (SSSR count). The lowest BCUT2D eigenvalue weighted by molar-refractivity contribution is 0.0932. The van der Waals surface area contributed by atoms with Gasteiger partial charge >= 0.3 is 0 Å². The molecule has 2 aromatic rings. The van der Waals surface area contributed by atoms with Gasteiger partial charge < -0.3 is 10.6 Å². The third-order valence-corrected chi connectivity index (χ3v) is 4.08. The van der Waals surface area contributed by atoms with Gasteiger partial charge in [-0.15, -0.1) is 0 Å². The smallest absolute Gasteiger partial charge is 0.270 e. The van der Waals surface area contributed by atoms with Crippen LogP contribution >= 0.6 is 0 Å². The van der Waals surface area contributed by atoms with E-state index in [1.165, 1.54) is 30.3 Å². The Labute approximate surface area is 136 Å². The van der Waals surface area contributed by atoms with E-state index in [-0.39, 0.29) is 11.9 Å². The number of benzene rings is 1. The summed E-state index contributed by atoms with van der Waals surface area (Å²) in [6.07, 6.45) is 5.92. The van der Waals surface area contributed by atoms with Crippen LogP contribution in [-0.2, 0) is 0 Å². The molecule has 1 heterocycles. The Morgan fingerprint density at radius 1 is 1.04 bits per heavy atom. The number of carbonyl (C=O) groups is 1. The van der Waals surface area contributed by atoms with Gasteiger partial charge in [-0.2, -0.15) is 0 Å². The maximum Gasteiger partial charge on any atom is 0.270 e. The Morgan fingerprint density at radius 3 is 2.43 bits per heavy atom. The van der Waals surface area contributed by atoms with Gasteiger partial charge in [-0.1, -0.05) is 18.9 Å². The van der Waals surface area contributed by atoms with E-state index < -0.39 is 0 Å². The summed E-state index contributed by atoms with van der Waals surface area (Å²) < 4.78 is 0. The molecular weight excluding hydrogens is 288 g/mol. The number of nitrogens with one attached hydrogen (secondary N) is 2. The Morgan fingerprint density at radius 2 is 1.74 bits per heavy atom. The molecule has 0 saturated heterocycles. The van der Waals surface area contributed by atoms with Crippen molar-refractivity contribution in [3.8, 4) is 0 Å². The van der Waals surface area contributed by atoms with Crippen molar-refractivity contribution in [1.29, 1.82) is 0 Å². The monoisotopic (exact) mass is 310 g/mol. The topological polar surface area (TPSA) is 66.9 Å². The first-order valence-corrected chi connectivity index (χ1v) is 8.08. The van der Waals surface area contributed by atoms with Crippen LogP contribution in [-0.4, -0.2) is 21.9 Å². The number of nitrogens with zero attached hydrogens (tertiary/aromatic N) is 2. The molecule has 0 aliphatic heterocycles. The minimum absolute atomic E-state index is 0.122. The van der Waals surface area contributed by atoms with Crippen molar-refractivity contribution in [2.45, 2.75) is 45.6 Å². The quantitative estimate of drug-likeness (QED) is 0.907. The molecule has 0 unspecified atom stereocenters. The summed E-state index contributed by atoms with van der Waals surface area (Å²) in [5, 5.41) is 6.29. The molecule has 23 heavy (non-hydrogen) atoms. The number of aryl methyl sites for hydroxylation is 2. The van der Waals surface area contributed by atoms with Gasteiger partial charge in [0.1, 0.15) is 17.8 Å². The molecule has 1 amide bonds. The number of anilines is 2. The highest BCUT2D eigenvalue weighted by Crippen LogP contribution is 2.20. The predicted octanol–water partition coefficient (Wildman–Crippen LogP) is 3.51. The summed E-state index contributed by atoms with van der Waals surface area (Å²) in [5.74, 6) is 0.504. The van der Waals surface area contributed by atoms with Gasteiger partial charge in [0.2, 0.25) is 0 Å². The standard InChI is InChI=1S/C18H22N4O/c1-12-7-13(2)9-15(8-12)21-17-10-16(19-11-20-17)18(23)22-14-5-3-4-6-14/h7-11,14H,3-6H2,1-2H3,(H,22,23)(H,19,20,21). The van der Waals surface area contributed by atoms with Gasteiger partial charge in [0.25, 0.3) is 5.91 Å². The first-order chi connectivity index (χ1) is 11.1. The van der Waals surface area contributed by atoms with E-state index in [9.17, 15) is 4.79 Å². The number of carbonyl (C=O) groups excluding carboxylic acids is 1. The Kier molecular flexibility index (Phi) is 4.55. The van der Waals surface area contributed by atoms with Gasteiger partial charge in [-0.3, -0.25) is 4.79 Å². The minimum atomic E-state index is -0.122. The molecule has 5 nitrogen and oxygen atoms in total. The molecular formula is C18H22N4O. The van der Waals surface area contributed by atoms with Crippen molar-refractivity contribution in [3.63, 3.8) is 0 Å². The second-order valence-corrected chi connectivity index (χ2v) is 6.24. The van der Waals surface area contributed by atoms with Crippen molar-refractivity contribution < 1.29 is 4.79 Å². The van der Waals surface area contributed by atoms with E-state index in [1.807, 2.05) is 12.1 Å². The van der Waals surface area contributed by atoms with Gasteiger partial charge in [-0.25, -0.2) is 9.97 Å². The molecule has 5 heteroatoms. The molecule has 120 valence electrons. The minimum Gasteiger partial charge on any atom is -0.348 e. The molecule has 0 bridgehead atoms. The average Bonchev–Trinajstić information content (AvgIpc) is 2.99. The Hall–Kier alpha value is -2.43. The third kappa shape index (κ3) is 4.06. The van der Waals surface area contributed by atoms with E-state index in [4.69, 9.17) is 0 Å². The van der Waals surface area contributed by atoms with Gasteiger partial charge in [0, 0.05) is 17.8 Å². The SMILES string of the molecule is Cc1cc(C)cc(Nc2cc(C(=O)NC3CCCC3)ncn2)c1. The molecule has 1 aromatic carbocycles.